The summed E-state index contributed by atoms with van der Waals surface area (Å²) in [5, 5.41) is 18.1. The van der Waals surface area contributed by atoms with Crippen LogP contribution in [0.15, 0.2) is 58.0 Å². The highest BCUT2D eigenvalue weighted by molar-refractivity contribution is 6.36. The van der Waals surface area contributed by atoms with Crippen molar-refractivity contribution in [2.45, 2.75) is 19.9 Å². The number of rotatable bonds is 8. The van der Waals surface area contributed by atoms with E-state index in [1.807, 2.05) is 0 Å². The summed E-state index contributed by atoms with van der Waals surface area (Å²) in [5.74, 6) is -0.581. The summed E-state index contributed by atoms with van der Waals surface area (Å²) in [6.45, 7) is 3.57. The number of hydrogen-bond acceptors (Lipinski definition) is 6. The number of hydrogen-bond donors (Lipinski definition) is 2. The lowest BCUT2D eigenvalue weighted by atomic mass is 10.0. The minimum Gasteiger partial charge on any atom is -0.455 e. The summed E-state index contributed by atoms with van der Waals surface area (Å²) in [5.41, 5.74) is 2.78. The van der Waals surface area contributed by atoms with Gasteiger partial charge < -0.3 is 9.73 Å². The fourth-order valence-corrected chi connectivity index (χ4v) is 3.63. The topological polar surface area (TPSA) is 127 Å². The number of nitro groups is 1. The lowest BCUT2D eigenvalue weighted by Gasteiger charge is -2.20. The quantitative estimate of drug-likeness (QED) is 0.216. The molecular weight excluding hydrogens is 519 g/mol. The Morgan fingerprint density at radius 1 is 1.06 bits per heavy atom. The second kappa shape index (κ2) is 11.4. The van der Waals surface area contributed by atoms with E-state index in [0.717, 1.165) is 6.07 Å². The van der Waals surface area contributed by atoms with E-state index in [1.165, 1.54) is 12.3 Å². The molecule has 2 amide bonds. The number of nitrogens with one attached hydrogen (secondary N) is 2. The van der Waals surface area contributed by atoms with E-state index in [0.29, 0.717) is 21.9 Å². The molecule has 0 bridgehead atoms. The van der Waals surface area contributed by atoms with Crippen LogP contribution in [0.4, 0.5) is 5.69 Å². The lowest BCUT2D eigenvalue weighted by Crippen LogP contribution is -2.48. The van der Waals surface area contributed by atoms with Crippen molar-refractivity contribution in [3.63, 3.8) is 0 Å². The normalized spacial score (nSPS) is 12.1. The molecule has 0 radical (unpaired) electrons. The SMILES string of the molecule is CC(C)C(NC(=O)c1ccc(Cl)cc1)C(=O)N/N=C\c1ccc(-c2cc(Cl)c([N+](=O)[O-])cc2Cl)o1. The Morgan fingerprint density at radius 3 is 2.37 bits per heavy atom. The van der Waals surface area contributed by atoms with E-state index >= 15 is 0 Å². The Hall–Kier alpha value is -3.40. The fourth-order valence-electron chi connectivity index (χ4n) is 3.02. The smallest absolute Gasteiger partial charge is 0.289 e. The van der Waals surface area contributed by atoms with E-state index in [9.17, 15) is 19.7 Å². The third-order valence-corrected chi connectivity index (χ3v) is 5.70. The van der Waals surface area contributed by atoms with Gasteiger partial charge in [0, 0.05) is 22.2 Å². The molecule has 0 aliphatic carbocycles. The Labute approximate surface area is 215 Å². The molecule has 12 heteroatoms. The van der Waals surface area contributed by atoms with Crippen LogP contribution in [0.3, 0.4) is 0 Å². The van der Waals surface area contributed by atoms with Crippen LogP contribution in [-0.4, -0.2) is 29.0 Å². The molecule has 1 aromatic heterocycles. The number of carbonyl (C=O) groups is 2. The van der Waals surface area contributed by atoms with E-state index in [4.69, 9.17) is 39.2 Å². The second-order valence-electron chi connectivity index (χ2n) is 7.68. The van der Waals surface area contributed by atoms with E-state index in [1.54, 1.807) is 50.2 Å². The van der Waals surface area contributed by atoms with Gasteiger partial charge in [0.05, 0.1) is 16.2 Å². The van der Waals surface area contributed by atoms with Crippen LogP contribution in [0.1, 0.15) is 30.0 Å². The molecular formula is C23H19Cl3N4O5. The first-order chi connectivity index (χ1) is 16.6. The highest BCUT2D eigenvalue weighted by Gasteiger charge is 2.24. The highest BCUT2D eigenvalue weighted by Crippen LogP contribution is 2.37. The zero-order valence-electron chi connectivity index (χ0n) is 18.4. The summed E-state index contributed by atoms with van der Waals surface area (Å²) in [6.07, 6.45) is 1.26. The summed E-state index contributed by atoms with van der Waals surface area (Å²) in [4.78, 5) is 35.4. The summed E-state index contributed by atoms with van der Waals surface area (Å²) in [7, 11) is 0. The number of halogens is 3. The largest absolute Gasteiger partial charge is 0.455 e. The predicted octanol–water partition coefficient (Wildman–Crippen LogP) is 5.72. The maximum atomic E-state index is 12.6. The van der Waals surface area contributed by atoms with Crippen molar-refractivity contribution in [3.05, 3.63) is 85.0 Å². The van der Waals surface area contributed by atoms with Crippen LogP contribution >= 0.6 is 34.8 Å². The van der Waals surface area contributed by atoms with Gasteiger partial charge in [-0.05, 0) is 48.4 Å². The highest BCUT2D eigenvalue weighted by atomic mass is 35.5. The van der Waals surface area contributed by atoms with Gasteiger partial charge in [-0.1, -0.05) is 48.7 Å². The molecule has 1 unspecified atom stereocenters. The van der Waals surface area contributed by atoms with Crippen molar-refractivity contribution in [1.29, 1.82) is 0 Å². The van der Waals surface area contributed by atoms with Gasteiger partial charge in [0.25, 0.3) is 17.5 Å². The molecule has 1 atom stereocenters. The van der Waals surface area contributed by atoms with Gasteiger partial charge in [0.2, 0.25) is 0 Å². The van der Waals surface area contributed by atoms with Crippen molar-refractivity contribution >= 4 is 58.5 Å². The van der Waals surface area contributed by atoms with E-state index in [2.05, 4.69) is 15.8 Å². The molecule has 0 fully saturated rings. The van der Waals surface area contributed by atoms with Crippen LogP contribution in [0, 0.1) is 16.0 Å². The predicted molar refractivity (Wildman–Crippen MR) is 134 cm³/mol. The van der Waals surface area contributed by atoms with Gasteiger partial charge in [-0.2, -0.15) is 5.10 Å². The number of hydrazone groups is 1. The van der Waals surface area contributed by atoms with Crippen molar-refractivity contribution in [2.24, 2.45) is 11.0 Å². The summed E-state index contributed by atoms with van der Waals surface area (Å²) in [6, 6.07) is 11.1. The second-order valence-corrected chi connectivity index (χ2v) is 8.93. The molecule has 3 aromatic rings. The van der Waals surface area contributed by atoms with Crippen molar-refractivity contribution in [2.75, 3.05) is 0 Å². The molecule has 0 saturated heterocycles. The molecule has 0 aliphatic heterocycles. The Morgan fingerprint density at radius 2 is 1.74 bits per heavy atom. The van der Waals surface area contributed by atoms with Crippen LogP contribution < -0.4 is 10.7 Å². The zero-order chi connectivity index (χ0) is 25.7. The van der Waals surface area contributed by atoms with Gasteiger partial charge in [-0.25, -0.2) is 5.43 Å². The van der Waals surface area contributed by atoms with Crippen molar-refractivity contribution in [3.8, 4) is 11.3 Å². The molecule has 2 aromatic carbocycles. The molecule has 1 heterocycles. The lowest BCUT2D eigenvalue weighted by molar-refractivity contribution is -0.384. The van der Waals surface area contributed by atoms with Crippen LogP contribution in [-0.2, 0) is 4.79 Å². The molecule has 0 aliphatic rings. The fraction of sp³-hybridized carbons (Fsp3) is 0.174. The molecule has 35 heavy (non-hydrogen) atoms. The first-order valence-corrected chi connectivity index (χ1v) is 11.3. The molecule has 182 valence electrons. The van der Waals surface area contributed by atoms with Gasteiger partial charge in [-0.3, -0.25) is 19.7 Å². The maximum absolute atomic E-state index is 12.6. The van der Waals surface area contributed by atoms with E-state index < -0.39 is 22.8 Å². The summed E-state index contributed by atoms with van der Waals surface area (Å²) < 4.78 is 5.63. The maximum Gasteiger partial charge on any atom is 0.289 e. The molecule has 0 saturated carbocycles. The number of nitrogens with zero attached hydrogens (tertiary/aromatic N) is 2. The van der Waals surface area contributed by atoms with E-state index in [-0.39, 0.29) is 27.4 Å². The standard InChI is InChI=1S/C23H19Cl3N4O5/c1-12(2)21(28-22(31)13-3-5-14(24)6-4-13)23(32)29-27-11-15-7-8-20(35-15)16-9-18(26)19(30(33)34)10-17(16)25/h3-12,21H,1-2H3,(H,28,31)(H,29,32)/b27-11-. The minimum atomic E-state index is -0.844. The molecule has 3 rings (SSSR count). The minimum absolute atomic E-state index is 0.0865. The Bertz CT molecular complexity index is 1290. The number of furan rings is 1. The van der Waals surface area contributed by atoms with Crippen LogP contribution in [0.25, 0.3) is 11.3 Å². The molecule has 0 spiro atoms. The third-order valence-electron chi connectivity index (χ3n) is 4.83. The monoisotopic (exact) mass is 536 g/mol. The summed E-state index contributed by atoms with van der Waals surface area (Å²) >= 11 is 17.9. The number of carbonyl (C=O) groups excluding carboxylic acids is 2. The zero-order valence-corrected chi connectivity index (χ0v) is 20.7. The first-order valence-electron chi connectivity index (χ1n) is 10.2. The van der Waals surface area contributed by atoms with Crippen molar-refractivity contribution in [1.82, 2.24) is 10.7 Å². The molecule has 9 nitrogen and oxygen atoms in total. The number of nitro benzene ring substituents is 1. The third kappa shape index (κ3) is 6.60. The van der Waals surface area contributed by atoms with Gasteiger partial charge in [0.1, 0.15) is 22.6 Å². The Balaban J connectivity index is 1.67. The number of amides is 2. The van der Waals surface area contributed by atoms with Crippen LogP contribution in [0.5, 0.6) is 0 Å². The van der Waals surface area contributed by atoms with Gasteiger partial charge in [-0.15, -0.1) is 0 Å². The van der Waals surface area contributed by atoms with Crippen molar-refractivity contribution < 1.29 is 18.9 Å². The first kappa shape index (κ1) is 26.2. The van der Waals surface area contributed by atoms with Gasteiger partial charge >= 0.3 is 0 Å². The number of benzene rings is 2. The Kier molecular flexibility index (Phi) is 8.50. The average molecular weight is 538 g/mol. The van der Waals surface area contributed by atoms with Crippen LogP contribution in [0.2, 0.25) is 15.1 Å². The van der Waals surface area contributed by atoms with Gasteiger partial charge in [0.15, 0.2) is 0 Å². The molecule has 2 N–H and O–H groups in total. The average Bonchev–Trinajstić information content (AvgIpc) is 3.27.